The van der Waals surface area contributed by atoms with Gasteiger partial charge in [0.05, 0.1) is 11.5 Å². The van der Waals surface area contributed by atoms with Crippen molar-refractivity contribution in [3.63, 3.8) is 0 Å². The van der Waals surface area contributed by atoms with Crippen LogP contribution in [0.1, 0.15) is 26.3 Å². The highest BCUT2D eigenvalue weighted by atomic mass is 32.2. The van der Waals surface area contributed by atoms with Gasteiger partial charge in [0, 0.05) is 26.9 Å². The van der Waals surface area contributed by atoms with Crippen LogP contribution in [0.5, 0.6) is 0 Å². The molecule has 2 rings (SSSR count). The number of benzene rings is 1. The van der Waals surface area contributed by atoms with Crippen LogP contribution in [0.4, 0.5) is 0 Å². The van der Waals surface area contributed by atoms with E-state index in [0.29, 0.717) is 0 Å². The molecule has 9 nitrogen and oxygen atoms in total. The molecule has 162 valence electrons. The molecule has 1 heterocycles. The van der Waals surface area contributed by atoms with Crippen molar-refractivity contribution in [2.75, 3.05) is 13.7 Å². The van der Waals surface area contributed by atoms with Gasteiger partial charge < -0.3 is 18.9 Å². The molecule has 1 aliphatic heterocycles. The minimum Gasteiger partial charge on any atom is -0.459 e. The van der Waals surface area contributed by atoms with Gasteiger partial charge in [0.15, 0.2) is 12.4 Å². The lowest BCUT2D eigenvalue weighted by atomic mass is 9.90. The Morgan fingerprint density at radius 2 is 1.59 bits per heavy atom. The number of carbonyl (C=O) groups excluding carboxylic acids is 2. The third kappa shape index (κ3) is 5.99. The molecule has 10 heteroatoms. The van der Waals surface area contributed by atoms with Crippen molar-refractivity contribution in [1.82, 2.24) is 0 Å². The van der Waals surface area contributed by atoms with Gasteiger partial charge in [-0.2, -0.15) is 8.42 Å². The zero-order valence-corrected chi connectivity index (χ0v) is 17.8. The molecule has 0 N–H and O–H groups in total. The number of aryl methyl sites for hydroxylation is 1. The summed E-state index contributed by atoms with van der Waals surface area (Å²) in [6.07, 6.45) is -3.68. The van der Waals surface area contributed by atoms with Crippen LogP contribution >= 0.6 is 0 Å². The summed E-state index contributed by atoms with van der Waals surface area (Å²) in [5, 5.41) is 0. The van der Waals surface area contributed by atoms with Crippen LogP contribution in [0.15, 0.2) is 29.2 Å². The van der Waals surface area contributed by atoms with Crippen LogP contribution in [0.25, 0.3) is 0 Å². The van der Waals surface area contributed by atoms with Crippen molar-refractivity contribution < 1.29 is 41.1 Å². The van der Waals surface area contributed by atoms with E-state index < -0.39 is 59.2 Å². The van der Waals surface area contributed by atoms with Crippen molar-refractivity contribution in [2.24, 2.45) is 5.92 Å². The number of esters is 2. The van der Waals surface area contributed by atoms with Crippen molar-refractivity contribution in [1.29, 1.82) is 0 Å². The quantitative estimate of drug-likeness (QED) is 0.469. The molecule has 1 fully saturated rings. The summed E-state index contributed by atoms with van der Waals surface area (Å²) in [4.78, 5) is 23.0. The fourth-order valence-corrected chi connectivity index (χ4v) is 4.00. The molecule has 1 aromatic carbocycles. The molecule has 0 spiro atoms. The maximum Gasteiger partial charge on any atom is 0.303 e. The first-order valence-corrected chi connectivity index (χ1v) is 10.4. The van der Waals surface area contributed by atoms with Gasteiger partial charge in [-0.25, -0.2) is 0 Å². The lowest BCUT2D eigenvalue weighted by Gasteiger charge is -2.43. The summed E-state index contributed by atoms with van der Waals surface area (Å²) < 4.78 is 51.6. The number of hydrogen-bond donors (Lipinski definition) is 0. The second-order valence-corrected chi connectivity index (χ2v) is 8.45. The van der Waals surface area contributed by atoms with Crippen LogP contribution in [-0.2, 0) is 42.8 Å². The monoisotopic (exact) mass is 430 g/mol. The zero-order valence-electron chi connectivity index (χ0n) is 17.0. The molecular weight excluding hydrogens is 404 g/mol. The van der Waals surface area contributed by atoms with Gasteiger partial charge >= 0.3 is 11.9 Å². The molecule has 0 saturated carbocycles. The second-order valence-electron chi connectivity index (χ2n) is 6.84. The summed E-state index contributed by atoms with van der Waals surface area (Å²) >= 11 is 0. The summed E-state index contributed by atoms with van der Waals surface area (Å²) in [6, 6.07) is 6.18. The van der Waals surface area contributed by atoms with Crippen LogP contribution in [-0.4, -0.2) is 58.7 Å². The Hall–Kier alpha value is -2.01. The fourth-order valence-electron chi connectivity index (χ4n) is 3.08. The highest BCUT2D eigenvalue weighted by Crippen LogP contribution is 2.32. The number of carbonyl (C=O) groups is 2. The molecule has 29 heavy (non-hydrogen) atoms. The zero-order chi connectivity index (χ0) is 21.8. The van der Waals surface area contributed by atoms with Crippen molar-refractivity contribution in [3.8, 4) is 0 Å². The van der Waals surface area contributed by atoms with Gasteiger partial charge in [0.2, 0.25) is 0 Å². The molecule has 0 unspecified atom stereocenters. The molecule has 0 radical (unpaired) electrons. The van der Waals surface area contributed by atoms with Crippen molar-refractivity contribution >= 4 is 22.1 Å². The average Bonchev–Trinajstić information content (AvgIpc) is 2.64. The van der Waals surface area contributed by atoms with E-state index in [1.807, 2.05) is 6.92 Å². The van der Waals surface area contributed by atoms with E-state index in [4.69, 9.17) is 23.1 Å². The summed E-state index contributed by atoms with van der Waals surface area (Å²) in [5.74, 6) is -1.67. The Kier molecular flexibility index (Phi) is 7.75. The summed E-state index contributed by atoms with van der Waals surface area (Å²) in [6.45, 7) is 5.57. The lowest BCUT2D eigenvalue weighted by molar-refractivity contribution is -0.285. The predicted molar refractivity (Wildman–Crippen MR) is 100 cm³/mol. The standard InChI is InChI=1S/C19H26O9S/c1-11-6-8-15(9-7-11)29(22,23)25-10-16-17(26-13(3)20)12(2)18(27-14(4)21)19(24-5)28-16/h6-9,12,16-19H,10H2,1-5H3/t12-,16-,17-,18+,19+/m0/s1. The Morgan fingerprint density at radius 1 is 1.03 bits per heavy atom. The van der Waals surface area contributed by atoms with Gasteiger partial charge in [-0.1, -0.05) is 24.6 Å². The molecule has 0 amide bonds. The molecule has 1 aromatic rings. The Morgan fingerprint density at radius 3 is 2.10 bits per heavy atom. The molecule has 5 atom stereocenters. The molecule has 0 aliphatic carbocycles. The fraction of sp³-hybridized carbons (Fsp3) is 0.579. The van der Waals surface area contributed by atoms with E-state index in [-0.39, 0.29) is 4.90 Å². The van der Waals surface area contributed by atoms with Crippen LogP contribution < -0.4 is 0 Å². The normalized spacial score (nSPS) is 27.3. The van der Waals surface area contributed by atoms with Crippen molar-refractivity contribution in [2.45, 2.75) is 57.2 Å². The minimum atomic E-state index is -4.05. The van der Waals surface area contributed by atoms with Gasteiger partial charge in [-0.15, -0.1) is 0 Å². The minimum absolute atomic E-state index is 0.00271. The van der Waals surface area contributed by atoms with Crippen LogP contribution in [0, 0.1) is 12.8 Å². The molecule has 1 aliphatic rings. The van der Waals surface area contributed by atoms with E-state index in [9.17, 15) is 18.0 Å². The van der Waals surface area contributed by atoms with Gasteiger partial charge in [-0.3, -0.25) is 13.8 Å². The first-order valence-electron chi connectivity index (χ1n) is 9.04. The number of ether oxygens (including phenoxy) is 4. The van der Waals surface area contributed by atoms with Crippen molar-refractivity contribution in [3.05, 3.63) is 29.8 Å². The highest BCUT2D eigenvalue weighted by Gasteiger charge is 2.48. The SMILES string of the molecule is CO[C@@H]1O[C@@H](COS(=O)(=O)c2ccc(C)cc2)[C@@H](OC(C)=O)[C@H](C)[C@H]1OC(C)=O. The first kappa shape index (κ1) is 23.3. The summed E-state index contributed by atoms with van der Waals surface area (Å²) in [5.41, 5.74) is 0.905. The third-order valence-electron chi connectivity index (χ3n) is 4.51. The number of methoxy groups -OCH3 is 1. The Balaban J connectivity index is 2.20. The maximum atomic E-state index is 12.5. The van der Waals surface area contributed by atoms with E-state index in [1.165, 1.54) is 33.1 Å². The molecule has 1 saturated heterocycles. The number of rotatable bonds is 7. The second kappa shape index (κ2) is 9.66. The molecular formula is C19H26O9S. The summed E-state index contributed by atoms with van der Waals surface area (Å²) in [7, 11) is -2.69. The average molecular weight is 430 g/mol. The van der Waals surface area contributed by atoms with E-state index in [1.54, 1.807) is 19.1 Å². The van der Waals surface area contributed by atoms with Gasteiger partial charge in [0.25, 0.3) is 10.1 Å². The van der Waals surface area contributed by atoms with E-state index in [2.05, 4.69) is 0 Å². The van der Waals surface area contributed by atoms with Crippen LogP contribution in [0.2, 0.25) is 0 Å². The van der Waals surface area contributed by atoms with E-state index >= 15 is 0 Å². The van der Waals surface area contributed by atoms with Crippen LogP contribution in [0.3, 0.4) is 0 Å². The highest BCUT2D eigenvalue weighted by molar-refractivity contribution is 7.86. The maximum absolute atomic E-state index is 12.5. The smallest absolute Gasteiger partial charge is 0.303 e. The third-order valence-corrected chi connectivity index (χ3v) is 5.81. The van der Waals surface area contributed by atoms with Gasteiger partial charge in [-0.05, 0) is 19.1 Å². The number of hydrogen-bond acceptors (Lipinski definition) is 9. The Bertz CT molecular complexity index is 819. The predicted octanol–water partition coefficient (Wildman–Crippen LogP) is 1.57. The topological polar surface area (TPSA) is 114 Å². The largest absolute Gasteiger partial charge is 0.459 e. The molecule has 0 aromatic heterocycles. The molecule has 0 bridgehead atoms. The first-order chi connectivity index (χ1) is 13.5. The van der Waals surface area contributed by atoms with Gasteiger partial charge in [0.1, 0.15) is 12.2 Å². The Labute approximate surface area is 170 Å². The van der Waals surface area contributed by atoms with E-state index in [0.717, 1.165) is 5.56 Å². The lowest BCUT2D eigenvalue weighted by Crippen LogP contribution is -2.57.